The van der Waals surface area contributed by atoms with Gasteiger partial charge in [0, 0.05) is 13.1 Å². The number of carboxylic acids is 1. The van der Waals surface area contributed by atoms with Gasteiger partial charge in [-0.25, -0.2) is 4.79 Å². The second-order valence-electron chi connectivity index (χ2n) is 6.32. The van der Waals surface area contributed by atoms with Crippen LogP contribution < -0.4 is 10.6 Å². The van der Waals surface area contributed by atoms with Crippen LogP contribution in [0.25, 0.3) is 0 Å². The van der Waals surface area contributed by atoms with Crippen molar-refractivity contribution >= 4 is 47.3 Å². The maximum atomic E-state index is 12.3. The zero-order chi connectivity index (χ0) is 18.3. The van der Waals surface area contributed by atoms with E-state index in [1.54, 1.807) is 0 Å². The number of rotatable bonds is 11. The normalized spacial score (nSPS) is 19.9. The molecule has 0 aromatic carbocycles. The molecule has 0 radical (unpaired) electrons. The van der Waals surface area contributed by atoms with E-state index in [4.69, 9.17) is 9.84 Å². The Hall–Kier alpha value is -0.670. The molecule has 1 aliphatic rings. The van der Waals surface area contributed by atoms with Gasteiger partial charge in [0.15, 0.2) is 12.2 Å². The Labute approximate surface area is 171 Å². The van der Waals surface area contributed by atoms with E-state index in [0.717, 1.165) is 19.6 Å². The number of amides is 2. The van der Waals surface area contributed by atoms with E-state index in [2.05, 4.69) is 29.4 Å². The number of carbonyl (C=O) groups is 3. The molecular formula is C16H30N3NaO5. The van der Waals surface area contributed by atoms with Crippen LogP contribution >= 0.6 is 0 Å². The Balaban J connectivity index is 0.00000576. The average molecular weight is 367 g/mol. The van der Waals surface area contributed by atoms with E-state index in [0.29, 0.717) is 13.0 Å². The van der Waals surface area contributed by atoms with Crippen molar-refractivity contribution in [3.05, 3.63) is 0 Å². The molecule has 1 fully saturated rings. The first-order chi connectivity index (χ1) is 11.3. The first-order valence-electron chi connectivity index (χ1n) is 8.48. The van der Waals surface area contributed by atoms with Gasteiger partial charge in [-0.3, -0.25) is 9.59 Å². The summed E-state index contributed by atoms with van der Waals surface area (Å²) in [6.07, 6.45) is -1.62. The van der Waals surface area contributed by atoms with Crippen molar-refractivity contribution in [2.75, 3.05) is 26.2 Å². The second-order valence-corrected chi connectivity index (χ2v) is 6.32. The predicted octanol–water partition coefficient (Wildman–Crippen LogP) is -0.821. The third-order valence-corrected chi connectivity index (χ3v) is 3.96. The fourth-order valence-corrected chi connectivity index (χ4v) is 2.46. The Morgan fingerprint density at radius 2 is 1.76 bits per heavy atom. The molecular weight excluding hydrogens is 337 g/mol. The van der Waals surface area contributed by atoms with Crippen molar-refractivity contribution in [3.63, 3.8) is 0 Å². The fraction of sp³-hybridized carbons (Fsp3) is 0.812. The molecule has 0 bridgehead atoms. The number of hydrogen-bond donors (Lipinski definition) is 3. The molecule has 1 saturated heterocycles. The molecule has 3 N–H and O–H groups in total. The summed E-state index contributed by atoms with van der Waals surface area (Å²) in [6.45, 7) is 11.1. The summed E-state index contributed by atoms with van der Waals surface area (Å²) in [4.78, 5) is 37.3. The van der Waals surface area contributed by atoms with Gasteiger partial charge in [-0.15, -0.1) is 0 Å². The molecule has 140 valence electrons. The SMILES string of the molecule is CCN(CC)CCNC(=O)[C@H](CC(C)C)NC(=O)C1OC1C(=O)O.[NaH]. The maximum absolute atomic E-state index is 12.3. The molecule has 0 spiro atoms. The average Bonchev–Trinajstić information content (AvgIpc) is 3.31. The molecule has 2 amide bonds. The summed E-state index contributed by atoms with van der Waals surface area (Å²) in [5.41, 5.74) is 0. The molecule has 2 unspecified atom stereocenters. The number of aliphatic carboxylic acids is 1. The summed E-state index contributed by atoms with van der Waals surface area (Å²) in [7, 11) is 0. The molecule has 0 aromatic rings. The summed E-state index contributed by atoms with van der Waals surface area (Å²) < 4.78 is 4.82. The van der Waals surface area contributed by atoms with Gasteiger partial charge in [0.25, 0.3) is 5.91 Å². The van der Waals surface area contributed by atoms with Crippen LogP contribution in [0.15, 0.2) is 0 Å². The van der Waals surface area contributed by atoms with Gasteiger partial charge in [0.2, 0.25) is 5.91 Å². The van der Waals surface area contributed by atoms with Crippen molar-refractivity contribution in [1.82, 2.24) is 15.5 Å². The van der Waals surface area contributed by atoms with E-state index in [1.165, 1.54) is 0 Å². The number of carbonyl (C=O) groups excluding carboxylic acids is 2. The Kier molecular flexibility index (Phi) is 11.5. The van der Waals surface area contributed by atoms with Crippen molar-refractivity contribution in [1.29, 1.82) is 0 Å². The van der Waals surface area contributed by atoms with Crippen LogP contribution in [0.2, 0.25) is 0 Å². The minimum absolute atomic E-state index is 0. The standard InChI is InChI=1S/C16H29N3O5.Na.H/c1-5-19(6-2)8-7-17-14(20)11(9-10(3)4)18-15(21)12-13(24-12)16(22)23;;/h10-13H,5-9H2,1-4H3,(H,17,20)(H,18,21)(H,22,23);;/t11-,12?,13?;;/m0../s1. The van der Waals surface area contributed by atoms with Gasteiger partial charge >= 0.3 is 35.5 Å². The van der Waals surface area contributed by atoms with E-state index in [9.17, 15) is 14.4 Å². The van der Waals surface area contributed by atoms with Crippen molar-refractivity contribution < 1.29 is 24.2 Å². The Morgan fingerprint density at radius 3 is 2.20 bits per heavy atom. The number of nitrogens with one attached hydrogen (secondary N) is 2. The number of ether oxygens (including phenoxy) is 1. The van der Waals surface area contributed by atoms with E-state index < -0.39 is 30.1 Å². The van der Waals surface area contributed by atoms with Gasteiger partial charge in [0.05, 0.1) is 0 Å². The van der Waals surface area contributed by atoms with E-state index in [-0.39, 0.29) is 41.4 Å². The third kappa shape index (κ3) is 8.50. The van der Waals surface area contributed by atoms with Gasteiger partial charge < -0.3 is 25.4 Å². The zero-order valence-corrected chi connectivity index (χ0v) is 14.9. The van der Waals surface area contributed by atoms with Crippen molar-refractivity contribution in [2.24, 2.45) is 5.92 Å². The van der Waals surface area contributed by atoms with E-state index >= 15 is 0 Å². The molecule has 1 aliphatic heterocycles. The number of epoxide rings is 1. The first kappa shape index (κ1) is 24.3. The Morgan fingerprint density at radius 1 is 1.16 bits per heavy atom. The van der Waals surface area contributed by atoms with Crippen molar-refractivity contribution in [2.45, 2.75) is 52.4 Å². The molecule has 25 heavy (non-hydrogen) atoms. The van der Waals surface area contributed by atoms with Crippen LogP contribution in [-0.4, -0.2) is 102 Å². The topological polar surface area (TPSA) is 111 Å². The van der Waals surface area contributed by atoms with Crippen LogP contribution in [0.3, 0.4) is 0 Å². The van der Waals surface area contributed by atoms with Gasteiger partial charge in [0.1, 0.15) is 6.04 Å². The number of likely N-dealkylation sites (N-methyl/N-ethyl adjacent to an activating group) is 1. The third-order valence-electron chi connectivity index (χ3n) is 3.96. The number of carboxylic acid groups (broad SMARTS) is 1. The molecule has 3 atom stereocenters. The summed E-state index contributed by atoms with van der Waals surface area (Å²) in [5.74, 6) is -1.76. The molecule has 0 saturated carbocycles. The Bertz CT molecular complexity index is 457. The molecule has 1 heterocycles. The predicted molar refractivity (Wildman–Crippen MR) is 95.6 cm³/mol. The minimum atomic E-state index is -1.17. The van der Waals surface area contributed by atoms with E-state index in [1.807, 2.05) is 13.8 Å². The summed E-state index contributed by atoms with van der Waals surface area (Å²) >= 11 is 0. The zero-order valence-electron chi connectivity index (χ0n) is 14.9. The van der Waals surface area contributed by atoms with Gasteiger partial charge in [-0.05, 0) is 25.4 Å². The number of hydrogen-bond acceptors (Lipinski definition) is 5. The van der Waals surface area contributed by atoms with Crippen LogP contribution in [0, 0.1) is 5.92 Å². The molecule has 1 rings (SSSR count). The quantitative estimate of drug-likeness (QED) is 0.325. The van der Waals surface area contributed by atoms with Crippen molar-refractivity contribution in [3.8, 4) is 0 Å². The van der Waals surface area contributed by atoms with Crippen LogP contribution in [0.5, 0.6) is 0 Å². The number of nitrogens with zero attached hydrogens (tertiary/aromatic N) is 1. The molecule has 0 aliphatic carbocycles. The second kappa shape index (κ2) is 11.9. The van der Waals surface area contributed by atoms with Crippen LogP contribution in [0.1, 0.15) is 34.1 Å². The van der Waals surface area contributed by atoms with Crippen LogP contribution in [0.4, 0.5) is 0 Å². The monoisotopic (exact) mass is 367 g/mol. The fourth-order valence-electron chi connectivity index (χ4n) is 2.46. The van der Waals surface area contributed by atoms with Gasteiger partial charge in [-0.1, -0.05) is 27.7 Å². The molecule has 9 heteroatoms. The first-order valence-corrected chi connectivity index (χ1v) is 8.48. The summed E-state index contributed by atoms with van der Waals surface area (Å²) in [5, 5.41) is 14.2. The molecule has 0 aromatic heterocycles. The molecule has 8 nitrogen and oxygen atoms in total. The van der Waals surface area contributed by atoms with Crippen LogP contribution in [-0.2, 0) is 19.1 Å². The van der Waals surface area contributed by atoms with Gasteiger partial charge in [-0.2, -0.15) is 0 Å². The summed E-state index contributed by atoms with van der Waals surface area (Å²) in [6, 6.07) is -0.687.